The zero-order chi connectivity index (χ0) is 22.2. The van der Waals surface area contributed by atoms with Gasteiger partial charge in [-0.15, -0.1) is 0 Å². The van der Waals surface area contributed by atoms with Gasteiger partial charge in [0.05, 0.1) is 0 Å². The number of rotatable bonds is 6. The summed E-state index contributed by atoms with van der Waals surface area (Å²) in [7, 11) is 5.35. The molecule has 0 saturated carbocycles. The number of carbonyl (C=O) groups is 1. The van der Waals surface area contributed by atoms with Gasteiger partial charge in [0.2, 0.25) is 0 Å². The molecule has 2 N–H and O–H groups in total. The standard InChI is InChI=1S/C24H34N6O/c1-18-8-9-22(27-17-18)30-14-11-21(12-15-30)28-24(25-2)26-13-10-19-6-5-7-20(16-19)23(31)29(3)4/h5-9,16-17,21H,10-15H2,1-4H3,(H2,25,26,28). The van der Waals surface area contributed by atoms with Crippen LogP contribution in [0.2, 0.25) is 0 Å². The summed E-state index contributed by atoms with van der Waals surface area (Å²) in [6, 6.07) is 12.4. The normalized spacial score (nSPS) is 15.0. The molecule has 1 aliphatic heterocycles. The summed E-state index contributed by atoms with van der Waals surface area (Å²) in [4.78, 5) is 25.0. The van der Waals surface area contributed by atoms with E-state index in [0.717, 1.165) is 61.8 Å². The van der Waals surface area contributed by atoms with Gasteiger partial charge in [0.25, 0.3) is 5.91 Å². The molecule has 2 aromatic rings. The second-order valence-corrected chi connectivity index (χ2v) is 8.25. The van der Waals surface area contributed by atoms with E-state index in [1.54, 1.807) is 26.0 Å². The minimum Gasteiger partial charge on any atom is -0.356 e. The maximum Gasteiger partial charge on any atom is 0.253 e. The number of hydrogen-bond acceptors (Lipinski definition) is 4. The van der Waals surface area contributed by atoms with Gasteiger partial charge in [-0.2, -0.15) is 0 Å². The van der Waals surface area contributed by atoms with Crippen molar-refractivity contribution in [3.63, 3.8) is 0 Å². The third-order valence-electron chi connectivity index (χ3n) is 5.57. The van der Waals surface area contributed by atoms with Gasteiger partial charge in [-0.25, -0.2) is 4.98 Å². The fraction of sp³-hybridized carbons (Fsp3) is 0.458. The number of nitrogens with zero attached hydrogens (tertiary/aromatic N) is 4. The van der Waals surface area contributed by atoms with Gasteiger partial charge in [0.15, 0.2) is 5.96 Å². The Bertz CT molecular complexity index is 885. The zero-order valence-electron chi connectivity index (χ0n) is 19.1. The van der Waals surface area contributed by atoms with Gasteiger partial charge in [-0.1, -0.05) is 18.2 Å². The van der Waals surface area contributed by atoms with E-state index >= 15 is 0 Å². The Kier molecular flexibility index (Phi) is 7.87. The van der Waals surface area contributed by atoms with Crippen molar-refractivity contribution in [2.24, 2.45) is 4.99 Å². The Morgan fingerprint density at radius 3 is 2.65 bits per heavy atom. The van der Waals surface area contributed by atoms with Gasteiger partial charge in [-0.05, 0) is 55.5 Å². The van der Waals surface area contributed by atoms with E-state index in [0.29, 0.717) is 6.04 Å². The number of amides is 1. The average molecular weight is 423 g/mol. The number of piperidine rings is 1. The predicted octanol–water partition coefficient (Wildman–Crippen LogP) is 2.47. The number of hydrogen-bond donors (Lipinski definition) is 2. The summed E-state index contributed by atoms with van der Waals surface area (Å²) in [5.41, 5.74) is 3.04. The van der Waals surface area contributed by atoms with E-state index in [2.05, 4.69) is 50.6 Å². The predicted molar refractivity (Wildman–Crippen MR) is 127 cm³/mol. The van der Waals surface area contributed by atoms with Crippen LogP contribution in [0.4, 0.5) is 5.82 Å². The van der Waals surface area contributed by atoms with Crippen LogP contribution in [0.15, 0.2) is 47.6 Å². The van der Waals surface area contributed by atoms with Crippen molar-refractivity contribution >= 4 is 17.7 Å². The molecule has 166 valence electrons. The first-order valence-electron chi connectivity index (χ1n) is 10.9. The lowest BCUT2D eigenvalue weighted by Gasteiger charge is -2.33. The van der Waals surface area contributed by atoms with Crippen LogP contribution >= 0.6 is 0 Å². The van der Waals surface area contributed by atoms with Crippen molar-refractivity contribution < 1.29 is 4.79 Å². The fourth-order valence-corrected chi connectivity index (χ4v) is 3.73. The van der Waals surface area contributed by atoms with E-state index < -0.39 is 0 Å². The summed E-state index contributed by atoms with van der Waals surface area (Å²) >= 11 is 0. The number of benzene rings is 1. The highest BCUT2D eigenvalue weighted by Gasteiger charge is 2.20. The maximum atomic E-state index is 12.1. The Hall–Kier alpha value is -3.09. The molecule has 0 unspecified atom stereocenters. The third-order valence-corrected chi connectivity index (χ3v) is 5.57. The molecule has 3 rings (SSSR count). The van der Waals surface area contributed by atoms with E-state index in [9.17, 15) is 4.79 Å². The van der Waals surface area contributed by atoms with Crippen molar-refractivity contribution in [1.29, 1.82) is 0 Å². The van der Waals surface area contributed by atoms with Crippen molar-refractivity contribution in [1.82, 2.24) is 20.5 Å². The van der Waals surface area contributed by atoms with Gasteiger partial charge >= 0.3 is 0 Å². The van der Waals surface area contributed by atoms with Crippen molar-refractivity contribution in [3.05, 3.63) is 59.3 Å². The Labute approximate surface area is 185 Å². The summed E-state index contributed by atoms with van der Waals surface area (Å²) < 4.78 is 0. The number of guanidine groups is 1. The van der Waals surface area contributed by atoms with Crippen molar-refractivity contribution in [2.45, 2.75) is 32.2 Å². The summed E-state index contributed by atoms with van der Waals surface area (Å²) in [6.45, 7) is 4.78. The van der Waals surface area contributed by atoms with Crippen LogP contribution in [0, 0.1) is 6.92 Å². The van der Waals surface area contributed by atoms with Gasteiger partial charge < -0.3 is 20.4 Å². The number of aryl methyl sites for hydroxylation is 1. The molecule has 7 heteroatoms. The molecule has 1 fully saturated rings. The maximum absolute atomic E-state index is 12.1. The van der Waals surface area contributed by atoms with Crippen LogP contribution in [-0.2, 0) is 6.42 Å². The minimum atomic E-state index is 0.0273. The molecule has 1 amide bonds. The number of pyridine rings is 1. The van der Waals surface area contributed by atoms with Gasteiger partial charge in [0, 0.05) is 58.6 Å². The number of nitrogens with one attached hydrogen (secondary N) is 2. The summed E-state index contributed by atoms with van der Waals surface area (Å²) in [5.74, 6) is 1.91. The summed E-state index contributed by atoms with van der Waals surface area (Å²) in [5, 5.41) is 6.95. The highest BCUT2D eigenvalue weighted by atomic mass is 16.2. The molecule has 0 bridgehead atoms. The summed E-state index contributed by atoms with van der Waals surface area (Å²) in [6.07, 6.45) is 4.85. The van der Waals surface area contributed by atoms with Crippen LogP contribution in [0.3, 0.4) is 0 Å². The molecule has 0 aliphatic carbocycles. The zero-order valence-corrected chi connectivity index (χ0v) is 19.1. The highest BCUT2D eigenvalue weighted by Crippen LogP contribution is 2.18. The van der Waals surface area contributed by atoms with Crippen LogP contribution in [0.5, 0.6) is 0 Å². The Balaban J connectivity index is 1.44. The molecule has 7 nitrogen and oxygen atoms in total. The van der Waals surface area contributed by atoms with Crippen molar-refractivity contribution in [2.75, 3.05) is 45.7 Å². The number of anilines is 1. The van der Waals surface area contributed by atoms with E-state index in [-0.39, 0.29) is 5.91 Å². The molecule has 1 aliphatic rings. The highest BCUT2D eigenvalue weighted by molar-refractivity contribution is 5.94. The first-order chi connectivity index (χ1) is 15.0. The molecule has 0 radical (unpaired) electrons. The van der Waals surface area contributed by atoms with Gasteiger partial charge in [-0.3, -0.25) is 9.79 Å². The lowest BCUT2D eigenvalue weighted by Crippen LogP contribution is -2.49. The lowest BCUT2D eigenvalue weighted by molar-refractivity contribution is 0.0827. The van der Waals surface area contributed by atoms with Gasteiger partial charge in [0.1, 0.15) is 5.82 Å². The Morgan fingerprint density at radius 1 is 1.23 bits per heavy atom. The number of aliphatic imine (C=N–C) groups is 1. The number of aromatic nitrogens is 1. The molecule has 0 spiro atoms. The van der Waals surface area contributed by atoms with Crippen LogP contribution < -0.4 is 15.5 Å². The molecule has 1 aromatic heterocycles. The average Bonchev–Trinajstić information content (AvgIpc) is 2.79. The molecule has 31 heavy (non-hydrogen) atoms. The second kappa shape index (κ2) is 10.8. The first-order valence-corrected chi connectivity index (χ1v) is 10.9. The van der Waals surface area contributed by atoms with Crippen LogP contribution in [0.25, 0.3) is 0 Å². The van der Waals surface area contributed by atoms with Crippen LogP contribution in [0.1, 0.15) is 34.3 Å². The van der Waals surface area contributed by atoms with E-state index in [1.807, 2.05) is 24.4 Å². The molecular formula is C24H34N6O. The molecule has 0 atom stereocenters. The SMILES string of the molecule is CN=C(NCCc1cccc(C(=O)N(C)C)c1)NC1CCN(c2ccc(C)cn2)CC1. The quantitative estimate of drug-likeness (QED) is 0.553. The molecule has 2 heterocycles. The van der Waals surface area contributed by atoms with E-state index in [4.69, 9.17) is 0 Å². The molecule has 1 saturated heterocycles. The monoisotopic (exact) mass is 422 g/mol. The minimum absolute atomic E-state index is 0.0273. The smallest absolute Gasteiger partial charge is 0.253 e. The Morgan fingerprint density at radius 2 is 2.00 bits per heavy atom. The van der Waals surface area contributed by atoms with Crippen molar-refractivity contribution in [3.8, 4) is 0 Å². The van der Waals surface area contributed by atoms with Crippen LogP contribution in [-0.4, -0.2) is 68.6 Å². The molecular weight excluding hydrogens is 388 g/mol. The molecule has 1 aromatic carbocycles. The van der Waals surface area contributed by atoms with E-state index in [1.165, 1.54) is 5.56 Å². The lowest BCUT2D eigenvalue weighted by atomic mass is 10.1. The topological polar surface area (TPSA) is 72.9 Å². The largest absolute Gasteiger partial charge is 0.356 e. The second-order valence-electron chi connectivity index (χ2n) is 8.25. The fourth-order valence-electron chi connectivity index (χ4n) is 3.73. The number of carbonyl (C=O) groups excluding carboxylic acids is 1. The third kappa shape index (κ3) is 6.44. The first kappa shape index (κ1) is 22.6.